The Balaban J connectivity index is 1.60. The lowest BCUT2D eigenvalue weighted by atomic mass is 9.56. The van der Waals surface area contributed by atoms with E-state index in [-0.39, 0.29) is 0 Å². The first kappa shape index (κ1) is 18.1. The standard InChI is InChI=1S/C26H39N/c1-5-8-18-10-11-19-16-26(19,17(18)4)23-20-12-13-21(20)27-22(9-6-2)24(23)25(7-3)14-15-25/h5,12,17-19,21,23,27H,1,6-11,13-16H2,2-4H3. The van der Waals surface area contributed by atoms with E-state index in [1.165, 1.54) is 64.2 Å². The summed E-state index contributed by atoms with van der Waals surface area (Å²) < 4.78 is 0. The molecule has 3 fully saturated rings. The zero-order chi connectivity index (χ0) is 18.8. The van der Waals surface area contributed by atoms with Crippen LogP contribution in [0.15, 0.2) is 35.6 Å². The Morgan fingerprint density at radius 2 is 2.07 bits per heavy atom. The molecule has 1 N–H and O–H groups in total. The van der Waals surface area contributed by atoms with Gasteiger partial charge < -0.3 is 5.32 Å². The van der Waals surface area contributed by atoms with Crippen LogP contribution in [0.4, 0.5) is 0 Å². The molecule has 1 nitrogen and oxygen atoms in total. The molecule has 3 saturated carbocycles. The van der Waals surface area contributed by atoms with Crippen molar-refractivity contribution in [2.24, 2.45) is 34.5 Å². The number of fused-ring (bicyclic) bond motifs is 2. The van der Waals surface area contributed by atoms with Crippen molar-refractivity contribution in [3.8, 4) is 0 Å². The van der Waals surface area contributed by atoms with Gasteiger partial charge >= 0.3 is 0 Å². The maximum Gasteiger partial charge on any atom is 0.0511 e. The molecule has 148 valence electrons. The van der Waals surface area contributed by atoms with Crippen molar-refractivity contribution < 1.29 is 0 Å². The van der Waals surface area contributed by atoms with Crippen LogP contribution in [0.1, 0.15) is 85.0 Å². The van der Waals surface area contributed by atoms with E-state index >= 15 is 0 Å². The Labute approximate surface area is 166 Å². The quantitative estimate of drug-likeness (QED) is 0.490. The number of hydrogen-bond donors (Lipinski definition) is 1. The Hall–Kier alpha value is -0.980. The highest BCUT2D eigenvalue weighted by atomic mass is 15.0. The number of rotatable bonds is 7. The van der Waals surface area contributed by atoms with Crippen LogP contribution in [-0.2, 0) is 0 Å². The minimum Gasteiger partial charge on any atom is -0.382 e. The monoisotopic (exact) mass is 365 g/mol. The van der Waals surface area contributed by atoms with Gasteiger partial charge in [0, 0.05) is 11.6 Å². The van der Waals surface area contributed by atoms with Gasteiger partial charge in [-0.15, -0.1) is 6.58 Å². The van der Waals surface area contributed by atoms with Crippen molar-refractivity contribution in [3.05, 3.63) is 35.6 Å². The molecule has 1 aliphatic heterocycles. The fourth-order valence-electron chi connectivity index (χ4n) is 7.64. The number of nitrogens with one attached hydrogen (secondary N) is 1. The highest BCUT2D eigenvalue weighted by molar-refractivity contribution is 5.48. The SMILES string of the molecule is C=CCC1CCC2CC2(C2C3=CCC3NC(CCC)=C2C2(CC)CC2)C1C. The van der Waals surface area contributed by atoms with Gasteiger partial charge in [-0.2, -0.15) is 0 Å². The molecule has 0 amide bonds. The van der Waals surface area contributed by atoms with Crippen molar-refractivity contribution in [3.63, 3.8) is 0 Å². The van der Waals surface area contributed by atoms with E-state index in [0.717, 1.165) is 23.7 Å². The van der Waals surface area contributed by atoms with Gasteiger partial charge in [0.1, 0.15) is 0 Å². The van der Waals surface area contributed by atoms with Crippen molar-refractivity contribution in [2.45, 2.75) is 91.0 Å². The summed E-state index contributed by atoms with van der Waals surface area (Å²) in [5, 5.41) is 4.04. The third kappa shape index (κ3) is 2.42. The molecule has 27 heavy (non-hydrogen) atoms. The van der Waals surface area contributed by atoms with Gasteiger partial charge in [-0.3, -0.25) is 0 Å². The van der Waals surface area contributed by atoms with Crippen molar-refractivity contribution in [2.75, 3.05) is 0 Å². The molecule has 5 aliphatic rings. The predicted molar refractivity (Wildman–Crippen MR) is 114 cm³/mol. The van der Waals surface area contributed by atoms with Crippen molar-refractivity contribution in [1.29, 1.82) is 0 Å². The third-order valence-corrected chi connectivity index (χ3v) is 9.54. The van der Waals surface area contributed by atoms with E-state index < -0.39 is 0 Å². The molecule has 0 spiro atoms. The molecule has 0 saturated heterocycles. The van der Waals surface area contributed by atoms with E-state index in [1.54, 1.807) is 11.3 Å². The first-order valence-corrected chi connectivity index (χ1v) is 11.9. The lowest BCUT2D eigenvalue weighted by Crippen LogP contribution is -2.50. The van der Waals surface area contributed by atoms with Gasteiger partial charge in [0.15, 0.2) is 0 Å². The molecule has 6 atom stereocenters. The van der Waals surface area contributed by atoms with E-state index in [2.05, 4.69) is 44.8 Å². The van der Waals surface area contributed by atoms with Crippen LogP contribution < -0.4 is 5.32 Å². The summed E-state index contributed by atoms with van der Waals surface area (Å²) in [5.41, 5.74) is 6.51. The predicted octanol–water partition coefficient (Wildman–Crippen LogP) is 6.78. The minimum atomic E-state index is 0.538. The third-order valence-electron chi connectivity index (χ3n) is 9.54. The lowest BCUT2D eigenvalue weighted by molar-refractivity contribution is 0.105. The van der Waals surface area contributed by atoms with Crippen LogP contribution >= 0.6 is 0 Å². The Morgan fingerprint density at radius 1 is 1.26 bits per heavy atom. The summed E-state index contributed by atoms with van der Waals surface area (Å²) in [6, 6.07) is 0.663. The van der Waals surface area contributed by atoms with Gasteiger partial charge in [-0.05, 0) is 97.5 Å². The number of allylic oxidation sites excluding steroid dienone is 3. The molecule has 0 aromatic carbocycles. The van der Waals surface area contributed by atoms with Crippen molar-refractivity contribution in [1.82, 2.24) is 5.32 Å². The molecule has 1 heteroatoms. The zero-order valence-corrected chi connectivity index (χ0v) is 17.8. The minimum absolute atomic E-state index is 0.538. The largest absolute Gasteiger partial charge is 0.382 e. The topological polar surface area (TPSA) is 12.0 Å². The lowest BCUT2D eigenvalue weighted by Gasteiger charge is -2.52. The Morgan fingerprint density at radius 3 is 2.67 bits per heavy atom. The maximum absolute atomic E-state index is 4.08. The molecule has 4 aliphatic carbocycles. The average Bonchev–Trinajstić information content (AvgIpc) is 3.54. The summed E-state index contributed by atoms with van der Waals surface area (Å²) in [6.45, 7) is 11.5. The maximum atomic E-state index is 4.08. The van der Waals surface area contributed by atoms with Crippen LogP contribution in [0.5, 0.6) is 0 Å². The number of hydrogen-bond acceptors (Lipinski definition) is 1. The van der Waals surface area contributed by atoms with Crippen LogP contribution in [0.2, 0.25) is 0 Å². The second kappa shape index (κ2) is 6.26. The summed E-state index contributed by atoms with van der Waals surface area (Å²) in [5.74, 6) is 3.48. The highest BCUT2D eigenvalue weighted by Gasteiger charge is 2.69. The van der Waals surface area contributed by atoms with Crippen molar-refractivity contribution >= 4 is 0 Å². The Bertz CT molecular complexity index is 693. The second-order valence-electron chi connectivity index (χ2n) is 10.5. The van der Waals surface area contributed by atoms with Crippen LogP contribution in [0, 0.1) is 34.5 Å². The van der Waals surface area contributed by atoms with Crippen LogP contribution in [-0.4, -0.2) is 6.04 Å². The van der Waals surface area contributed by atoms with E-state index in [0.29, 0.717) is 16.9 Å². The zero-order valence-electron chi connectivity index (χ0n) is 17.8. The van der Waals surface area contributed by atoms with E-state index in [9.17, 15) is 0 Å². The first-order valence-electron chi connectivity index (χ1n) is 11.9. The molecule has 1 heterocycles. The molecule has 0 aromatic heterocycles. The molecule has 6 unspecified atom stereocenters. The molecule has 0 aromatic rings. The van der Waals surface area contributed by atoms with Crippen LogP contribution in [0.25, 0.3) is 0 Å². The fraction of sp³-hybridized carbons (Fsp3) is 0.769. The van der Waals surface area contributed by atoms with Crippen LogP contribution in [0.3, 0.4) is 0 Å². The van der Waals surface area contributed by atoms with E-state index in [4.69, 9.17) is 0 Å². The summed E-state index contributed by atoms with van der Waals surface area (Å²) in [6.07, 6.45) is 18.5. The molecule has 5 rings (SSSR count). The highest BCUT2D eigenvalue weighted by Crippen LogP contribution is 2.76. The van der Waals surface area contributed by atoms with Gasteiger partial charge in [0.05, 0.1) is 6.04 Å². The van der Waals surface area contributed by atoms with Gasteiger partial charge in [0.25, 0.3) is 0 Å². The van der Waals surface area contributed by atoms with Gasteiger partial charge in [0.2, 0.25) is 0 Å². The molecular weight excluding hydrogens is 326 g/mol. The second-order valence-corrected chi connectivity index (χ2v) is 10.5. The summed E-state index contributed by atoms with van der Waals surface area (Å²) in [4.78, 5) is 0. The Kier molecular flexibility index (Phi) is 4.19. The summed E-state index contributed by atoms with van der Waals surface area (Å²) in [7, 11) is 0. The summed E-state index contributed by atoms with van der Waals surface area (Å²) >= 11 is 0. The fourth-order valence-corrected chi connectivity index (χ4v) is 7.64. The molecule has 0 bridgehead atoms. The van der Waals surface area contributed by atoms with Gasteiger partial charge in [-0.25, -0.2) is 0 Å². The average molecular weight is 366 g/mol. The van der Waals surface area contributed by atoms with E-state index in [1.807, 2.05) is 5.57 Å². The van der Waals surface area contributed by atoms with Gasteiger partial charge in [-0.1, -0.05) is 39.3 Å². The molecule has 0 radical (unpaired) electrons. The molecular formula is C26H39N. The normalized spacial score (nSPS) is 43.7. The first-order chi connectivity index (χ1) is 13.1. The smallest absolute Gasteiger partial charge is 0.0511 e.